The molecule has 1 saturated heterocycles. The zero-order valence-electron chi connectivity index (χ0n) is 14.9. The fraction of sp³-hybridized carbons (Fsp3) is 0.611. The molecule has 0 saturated carbocycles. The van der Waals surface area contributed by atoms with Crippen molar-refractivity contribution in [2.24, 2.45) is 0 Å². The Balaban J connectivity index is 1.62. The molecule has 0 spiro atoms. The summed E-state index contributed by atoms with van der Waals surface area (Å²) >= 11 is 5.84. The van der Waals surface area contributed by atoms with Gasteiger partial charge < -0.3 is 14.5 Å². The summed E-state index contributed by atoms with van der Waals surface area (Å²) in [6.07, 6.45) is 1.95. The van der Waals surface area contributed by atoms with Crippen LogP contribution < -0.4 is 4.74 Å². The lowest BCUT2D eigenvalue weighted by Gasteiger charge is -2.23. The molecule has 0 aromatic heterocycles. The molecule has 0 aliphatic carbocycles. The Hall–Kier alpha value is -1.30. The molecule has 1 aliphatic heterocycles. The van der Waals surface area contributed by atoms with Crippen LogP contribution in [0.1, 0.15) is 12.8 Å². The van der Waals surface area contributed by atoms with Crippen LogP contribution >= 0.6 is 11.6 Å². The third-order valence-electron chi connectivity index (χ3n) is 4.48. The lowest BCUT2D eigenvalue weighted by molar-refractivity contribution is -0.131. The Kier molecular flexibility index (Phi) is 7.34. The van der Waals surface area contributed by atoms with E-state index in [0.29, 0.717) is 30.8 Å². The quantitative estimate of drug-likeness (QED) is 0.671. The van der Waals surface area contributed by atoms with Crippen molar-refractivity contribution >= 4 is 17.5 Å². The highest BCUT2D eigenvalue weighted by Gasteiger charge is 2.25. The average molecular weight is 354 g/mol. The molecular formula is C18H28ClN3O2. The van der Waals surface area contributed by atoms with Crippen LogP contribution in [0.25, 0.3) is 0 Å². The number of hydrogen-bond donors (Lipinski definition) is 0. The molecule has 0 radical (unpaired) electrons. The largest absolute Gasteiger partial charge is 0.494 e. The summed E-state index contributed by atoms with van der Waals surface area (Å²) in [4.78, 5) is 18.6. The van der Waals surface area contributed by atoms with Crippen molar-refractivity contribution < 1.29 is 9.53 Å². The van der Waals surface area contributed by atoms with Gasteiger partial charge in [0.15, 0.2) is 0 Å². The molecule has 1 aromatic rings. The first kappa shape index (κ1) is 19.0. The summed E-state index contributed by atoms with van der Waals surface area (Å²) < 4.78 is 5.65. The van der Waals surface area contributed by atoms with Crippen molar-refractivity contribution in [2.75, 3.05) is 53.9 Å². The average Bonchev–Trinajstić information content (AvgIpc) is 3.01. The molecule has 24 heavy (non-hydrogen) atoms. The minimum atomic E-state index is 0.181. The highest BCUT2D eigenvalue weighted by molar-refractivity contribution is 6.30. The highest BCUT2D eigenvalue weighted by atomic mass is 35.5. The third-order valence-corrected chi connectivity index (χ3v) is 4.73. The maximum absolute atomic E-state index is 12.3. The first-order valence-electron chi connectivity index (χ1n) is 8.47. The minimum absolute atomic E-state index is 0.181. The summed E-state index contributed by atoms with van der Waals surface area (Å²) in [5.41, 5.74) is 0. The van der Waals surface area contributed by atoms with Crippen molar-refractivity contribution in [3.8, 4) is 5.75 Å². The minimum Gasteiger partial charge on any atom is -0.494 e. The highest BCUT2D eigenvalue weighted by Crippen LogP contribution is 2.16. The van der Waals surface area contributed by atoms with E-state index in [1.807, 2.05) is 31.3 Å². The second-order valence-corrected chi connectivity index (χ2v) is 7.05. The second kappa shape index (κ2) is 9.25. The number of likely N-dealkylation sites (tertiary alicyclic amines) is 1. The number of carbonyl (C=O) groups excluding carboxylic acids is 1. The number of ether oxygens (including phenoxy) is 1. The molecule has 1 aliphatic rings. The van der Waals surface area contributed by atoms with E-state index < -0.39 is 0 Å². The van der Waals surface area contributed by atoms with E-state index >= 15 is 0 Å². The van der Waals surface area contributed by atoms with Gasteiger partial charge >= 0.3 is 0 Å². The Morgan fingerprint density at radius 3 is 2.62 bits per heavy atom. The molecule has 5 nitrogen and oxygen atoms in total. The Morgan fingerprint density at radius 2 is 2.00 bits per heavy atom. The number of hydrogen-bond acceptors (Lipinski definition) is 4. The van der Waals surface area contributed by atoms with E-state index in [0.717, 1.165) is 31.7 Å². The van der Waals surface area contributed by atoms with E-state index in [1.165, 1.54) is 0 Å². The van der Waals surface area contributed by atoms with Crippen molar-refractivity contribution in [3.63, 3.8) is 0 Å². The molecule has 6 heteroatoms. The fourth-order valence-corrected chi connectivity index (χ4v) is 2.96. The van der Waals surface area contributed by atoms with Gasteiger partial charge in [0.2, 0.25) is 5.91 Å². The van der Waals surface area contributed by atoms with Gasteiger partial charge in [-0.2, -0.15) is 0 Å². The van der Waals surface area contributed by atoms with Crippen LogP contribution in [0.5, 0.6) is 5.75 Å². The van der Waals surface area contributed by atoms with Gasteiger partial charge in [0.05, 0.1) is 13.2 Å². The van der Waals surface area contributed by atoms with Gasteiger partial charge in [0.25, 0.3) is 0 Å². The van der Waals surface area contributed by atoms with Crippen LogP contribution in [-0.2, 0) is 4.79 Å². The number of likely N-dealkylation sites (N-methyl/N-ethyl adjacent to an activating group) is 2. The first-order chi connectivity index (χ1) is 11.5. The summed E-state index contributed by atoms with van der Waals surface area (Å²) in [6.45, 7) is 3.79. The van der Waals surface area contributed by atoms with E-state index in [-0.39, 0.29) is 5.91 Å². The lowest BCUT2D eigenvalue weighted by atomic mass is 10.2. The van der Waals surface area contributed by atoms with E-state index in [2.05, 4.69) is 23.9 Å². The number of amides is 1. The zero-order chi connectivity index (χ0) is 17.5. The predicted molar refractivity (Wildman–Crippen MR) is 97.7 cm³/mol. The number of halogens is 1. The Labute approximate surface area is 150 Å². The molecule has 1 amide bonds. The number of benzene rings is 1. The molecule has 1 fully saturated rings. The SMILES string of the molecule is CN(CCCOc1ccc(Cl)cc1)C(=O)CN1CCC(N(C)C)C1. The second-order valence-electron chi connectivity index (χ2n) is 6.61. The van der Waals surface area contributed by atoms with Crippen LogP contribution in [0, 0.1) is 0 Å². The molecule has 0 N–H and O–H groups in total. The predicted octanol–water partition coefficient (Wildman–Crippen LogP) is 2.20. The van der Waals surface area contributed by atoms with Gasteiger partial charge in [-0.05, 0) is 51.2 Å². The lowest BCUT2D eigenvalue weighted by Crippen LogP contribution is -2.39. The molecule has 2 rings (SSSR count). The molecule has 0 bridgehead atoms. The van der Waals surface area contributed by atoms with Crippen molar-refractivity contribution in [3.05, 3.63) is 29.3 Å². The normalized spacial score (nSPS) is 18.1. The van der Waals surface area contributed by atoms with Crippen LogP contribution in [0.2, 0.25) is 5.02 Å². The third kappa shape index (κ3) is 5.96. The van der Waals surface area contributed by atoms with Crippen LogP contribution in [0.3, 0.4) is 0 Å². The summed E-state index contributed by atoms with van der Waals surface area (Å²) in [7, 11) is 6.07. The maximum Gasteiger partial charge on any atom is 0.236 e. The molecule has 1 atom stereocenters. The van der Waals surface area contributed by atoms with E-state index in [1.54, 1.807) is 4.90 Å². The standard InChI is InChI=1S/C18H28ClN3O2/c1-20(2)16-9-11-22(13-16)14-18(23)21(3)10-4-12-24-17-7-5-15(19)6-8-17/h5-8,16H,4,9-14H2,1-3H3. The number of carbonyl (C=O) groups is 1. The Bertz CT molecular complexity index is 522. The Morgan fingerprint density at radius 1 is 1.29 bits per heavy atom. The van der Waals surface area contributed by atoms with Crippen molar-refractivity contribution in [1.29, 1.82) is 0 Å². The van der Waals surface area contributed by atoms with Crippen LogP contribution in [0.4, 0.5) is 0 Å². The summed E-state index contributed by atoms with van der Waals surface area (Å²) in [6, 6.07) is 7.89. The molecular weight excluding hydrogens is 326 g/mol. The molecule has 1 unspecified atom stereocenters. The summed E-state index contributed by atoms with van der Waals surface area (Å²) in [5.74, 6) is 0.987. The zero-order valence-corrected chi connectivity index (χ0v) is 15.6. The van der Waals surface area contributed by atoms with Gasteiger partial charge in [-0.15, -0.1) is 0 Å². The van der Waals surface area contributed by atoms with Crippen LogP contribution in [0.15, 0.2) is 24.3 Å². The van der Waals surface area contributed by atoms with E-state index in [9.17, 15) is 4.79 Å². The van der Waals surface area contributed by atoms with Crippen molar-refractivity contribution in [1.82, 2.24) is 14.7 Å². The topological polar surface area (TPSA) is 36.0 Å². The number of rotatable bonds is 8. The van der Waals surface area contributed by atoms with Crippen LogP contribution in [-0.4, -0.2) is 80.6 Å². The van der Waals surface area contributed by atoms with Gasteiger partial charge in [-0.3, -0.25) is 9.69 Å². The number of nitrogens with zero attached hydrogens (tertiary/aromatic N) is 3. The molecule has 1 aromatic carbocycles. The smallest absolute Gasteiger partial charge is 0.236 e. The monoisotopic (exact) mass is 353 g/mol. The van der Waals surface area contributed by atoms with Gasteiger partial charge in [0.1, 0.15) is 5.75 Å². The van der Waals surface area contributed by atoms with Gasteiger partial charge in [-0.1, -0.05) is 11.6 Å². The maximum atomic E-state index is 12.3. The van der Waals surface area contributed by atoms with Gasteiger partial charge in [-0.25, -0.2) is 0 Å². The fourth-order valence-electron chi connectivity index (χ4n) is 2.84. The molecule has 134 valence electrons. The summed E-state index contributed by atoms with van der Waals surface area (Å²) in [5, 5.41) is 0.700. The first-order valence-corrected chi connectivity index (χ1v) is 8.84. The van der Waals surface area contributed by atoms with Gasteiger partial charge in [0, 0.05) is 37.7 Å². The van der Waals surface area contributed by atoms with Crippen molar-refractivity contribution in [2.45, 2.75) is 18.9 Å². The van der Waals surface area contributed by atoms with E-state index in [4.69, 9.17) is 16.3 Å². The molecule has 1 heterocycles.